The zero-order chi connectivity index (χ0) is 16.7. The van der Waals surface area contributed by atoms with Gasteiger partial charge in [0.1, 0.15) is 11.4 Å². The smallest absolute Gasteiger partial charge is 0.334 e. The fourth-order valence-electron chi connectivity index (χ4n) is 2.17. The van der Waals surface area contributed by atoms with E-state index in [0.29, 0.717) is 11.3 Å². The Morgan fingerprint density at radius 1 is 1.08 bits per heavy atom. The number of hydrogen-bond donors (Lipinski definition) is 0. The van der Waals surface area contributed by atoms with Crippen molar-refractivity contribution < 1.29 is 17.7 Å². The van der Waals surface area contributed by atoms with Crippen molar-refractivity contribution in [2.45, 2.75) is 6.18 Å². The van der Waals surface area contributed by atoms with Crippen molar-refractivity contribution in [3.8, 4) is 23.0 Å². The average Bonchev–Trinajstić information content (AvgIpc) is 3.21. The number of aromatic nitrogens is 6. The van der Waals surface area contributed by atoms with Crippen LogP contribution in [0.25, 0.3) is 28.6 Å². The second-order valence-electron chi connectivity index (χ2n) is 4.80. The minimum Gasteiger partial charge on any atom is -0.334 e. The molecule has 0 aliphatic heterocycles. The SMILES string of the molecule is FC(F)(F)c1cc(-c2nc(-c3cnc4cnccn34)no2)ccn1. The second kappa shape index (κ2) is 5.11. The molecule has 0 aromatic carbocycles. The van der Waals surface area contributed by atoms with Gasteiger partial charge in [-0.05, 0) is 12.1 Å². The fraction of sp³-hybridized carbons (Fsp3) is 0.0714. The van der Waals surface area contributed by atoms with Crippen LogP contribution in [0.5, 0.6) is 0 Å². The summed E-state index contributed by atoms with van der Waals surface area (Å²) in [5, 5.41) is 3.81. The van der Waals surface area contributed by atoms with E-state index < -0.39 is 11.9 Å². The van der Waals surface area contributed by atoms with Crippen LogP contribution in [0.15, 0.2) is 47.6 Å². The molecule has 10 heteroatoms. The van der Waals surface area contributed by atoms with Gasteiger partial charge in [-0.1, -0.05) is 5.16 Å². The van der Waals surface area contributed by atoms with E-state index in [1.165, 1.54) is 12.3 Å². The first-order valence-electron chi connectivity index (χ1n) is 6.67. The number of rotatable bonds is 2. The lowest BCUT2D eigenvalue weighted by Crippen LogP contribution is -2.07. The summed E-state index contributed by atoms with van der Waals surface area (Å²) in [6.45, 7) is 0. The minimum absolute atomic E-state index is 0.0399. The zero-order valence-electron chi connectivity index (χ0n) is 11.8. The molecular formula is C14H7F3N6O. The van der Waals surface area contributed by atoms with Crippen LogP contribution in [0.3, 0.4) is 0 Å². The minimum atomic E-state index is -4.55. The Kier molecular flexibility index (Phi) is 3.05. The number of hydrogen-bond acceptors (Lipinski definition) is 6. The lowest BCUT2D eigenvalue weighted by Gasteiger charge is -2.05. The van der Waals surface area contributed by atoms with E-state index >= 15 is 0 Å². The number of pyridine rings is 1. The van der Waals surface area contributed by atoms with Crippen LogP contribution in [-0.2, 0) is 6.18 Å². The monoisotopic (exact) mass is 332 g/mol. The lowest BCUT2D eigenvalue weighted by atomic mass is 10.2. The third-order valence-corrected chi connectivity index (χ3v) is 3.27. The largest absolute Gasteiger partial charge is 0.433 e. The van der Waals surface area contributed by atoms with E-state index in [4.69, 9.17) is 4.52 Å². The van der Waals surface area contributed by atoms with Crippen LogP contribution in [0, 0.1) is 0 Å². The molecule has 0 bridgehead atoms. The van der Waals surface area contributed by atoms with E-state index in [1.807, 2.05) is 0 Å². The summed E-state index contributed by atoms with van der Waals surface area (Å²) in [5.41, 5.74) is 0.224. The molecule has 4 aromatic heterocycles. The molecule has 4 rings (SSSR count). The highest BCUT2D eigenvalue weighted by molar-refractivity contribution is 5.60. The summed E-state index contributed by atoms with van der Waals surface area (Å²) in [5.74, 6) is 0.163. The van der Waals surface area contributed by atoms with Gasteiger partial charge in [0.15, 0.2) is 5.65 Å². The van der Waals surface area contributed by atoms with Crippen molar-refractivity contribution in [1.29, 1.82) is 0 Å². The van der Waals surface area contributed by atoms with Crippen molar-refractivity contribution in [2.24, 2.45) is 0 Å². The summed E-state index contributed by atoms with van der Waals surface area (Å²) in [4.78, 5) is 15.5. The first-order chi connectivity index (χ1) is 11.5. The molecule has 0 saturated carbocycles. The van der Waals surface area contributed by atoms with Gasteiger partial charge in [-0.2, -0.15) is 18.2 Å². The molecule has 0 spiro atoms. The van der Waals surface area contributed by atoms with Crippen molar-refractivity contribution >= 4 is 5.65 Å². The molecule has 24 heavy (non-hydrogen) atoms. The molecule has 120 valence electrons. The van der Waals surface area contributed by atoms with Crippen LogP contribution in [0.1, 0.15) is 5.69 Å². The molecule has 0 aliphatic rings. The second-order valence-corrected chi connectivity index (χ2v) is 4.80. The summed E-state index contributed by atoms with van der Waals surface area (Å²) in [6, 6.07) is 2.22. The van der Waals surface area contributed by atoms with Crippen LogP contribution < -0.4 is 0 Å². The third kappa shape index (κ3) is 2.37. The molecule has 0 amide bonds. The fourth-order valence-corrected chi connectivity index (χ4v) is 2.17. The maximum Gasteiger partial charge on any atom is 0.433 e. The first-order valence-corrected chi connectivity index (χ1v) is 6.67. The first kappa shape index (κ1) is 14.3. The maximum atomic E-state index is 12.7. The molecule has 4 heterocycles. The van der Waals surface area contributed by atoms with Crippen LogP contribution in [0.2, 0.25) is 0 Å². The van der Waals surface area contributed by atoms with Gasteiger partial charge in [-0.25, -0.2) is 4.98 Å². The molecule has 0 aliphatic carbocycles. The highest BCUT2D eigenvalue weighted by Crippen LogP contribution is 2.30. The maximum absolute atomic E-state index is 12.7. The van der Waals surface area contributed by atoms with Crippen molar-refractivity contribution in [3.63, 3.8) is 0 Å². The Morgan fingerprint density at radius 3 is 2.79 bits per heavy atom. The molecule has 0 N–H and O–H groups in total. The summed E-state index contributed by atoms with van der Waals surface area (Å²) in [6.07, 6.45) is 2.82. The van der Waals surface area contributed by atoms with E-state index in [2.05, 4.69) is 25.1 Å². The van der Waals surface area contributed by atoms with Crippen LogP contribution in [-0.4, -0.2) is 29.5 Å². The molecular weight excluding hydrogens is 325 g/mol. The Balaban J connectivity index is 1.76. The average molecular weight is 332 g/mol. The lowest BCUT2D eigenvalue weighted by molar-refractivity contribution is -0.141. The van der Waals surface area contributed by atoms with Gasteiger partial charge in [0.25, 0.3) is 5.89 Å². The highest BCUT2D eigenvalue weighted by Gasteiger charge is 2.33. The van der Waals surface area contributed by atoms with Gasteiger partial charge >= 0.3 is 6.18 Å². The number of imidazole rings is 1. The van der Waals surface area contributed by atoms with Crippen LogP contribution >= 0.6 is 0 Å². The van der Waals surface area contributed by atoms with E-state index in [9.17, 15) is 13.2 Å². The summed E-state index contributed by atoms with van der Waals surface area (Å²) >= 11 is 0. The van der Waals surface area contributed by atoms with Crippen molar-refractivity contribution in [1.82, 2.24) is 29.5 Å². The molecule has 0 saturated heterocycles. The predicted molar refractivity (Wildman–Crippen MR) is 74.5 cm³/mol. The van der Waals surface area contributed by atoms with Crippen molar-refractivity contribution in [2.75, 3.05) is 0 Å². The Labute approximate surface area is 131 Å². The third-order valence-electron chi connectivity index (χ3n) is 3.27. The summed E-state index contributed by atoms with van der Waals surface area (Å²) < 4.78 is 45.0. The molecule has 7 nitrogen and oxygen atoms in total. The van der Waals surface area contributed by atoms with Gasteiger partial charge in [0.2, 0.25) is 5.82 Å². The van der Waals surface area contributed by atoms with Crippen molar-refractivity contribution in [3.05, 3.63) is 48.8 Å². The number of alkyl halides is 3. The molecule has 0 unspecified atom stereocenters. The molecule has 0 radical (unpaired) electrons. The zero-order valence-corrected chi connectivity index (χ0v) is 11.8. The van der Waals surface area contributed by atoms with E-state index in [0.717, 1.165) is 12.3 Å². The Hall–Kier alpha value is -3.30. The topological polar surface area (TPSA) is 82.0 Å². The quantitative estimate of drug-likeness (QED) is 0.561. The molecule has 4 aromatic rings. The Bertz CT molecular complexity index is 1020. The van der Waals surface area contributed by atoms with Gasteiger partial charge in [-0.15, -0.1) is 0 Å². The van der Waals surface area contributed by atoms with Gasteiger partial charge in [0, 0.05) is 24.2 Å². The normalized spacial score (nSPS) is 12.0. The highest BCUT2D eigenvalue weighted by atomic mass is 19.4. The standard InChI is InChI=1S/C14H7F3N6O/c15-14(16,17)10-5-8(1-2-19-10)13-21-12(22-24-13)9-6-20-11-7-18-3-4-23(9)11/h1-7H. The van der Waals surface area contributed by atoms with Crippen LogP contribution in [0.4, 0.5) is 13.2 Å². The molecule has 0 fully saturated rings. The molecule has 0 atom stereocenters. The van der Waals surface area contributed by atoms with E-state index in [1.54, 1.807) is 23.0 Å². The van der Waals surface area contributed by atoms with Gasteiger partial charge < -0.3 is 4.52 Å². The van der Waals surface area contributed by atoms with E-state index in [-0.39, 0.29) is 17.3 Å². The number of nitrogens with zero attached hydrogens (tertiary/aromatic N) is 6. The summed E-state index contributed by atoms with van der Waals surface area (Å²) in [7, 11) is 0. The van der Waals surface area contributed by atoms with Gasteiger partial charge in [-0.3, -0.25) is 14.4 Å². The number of halogens is 3. The predicted octanol–water partition coefficient (Wildman–Crippen LogP) is 2.86. The van der Waals surface area contributed by atoms with Gasteiger partial charge in [0.05, 0.1) is 12.4 Å². The number of fused-ring (bicyclic) bond motifs is 1. The Morgan fingerprint density at radius 2 is 1.96 bits per heavy atom.